The van der Waals surface area contributed by atoms with E-state index in [2.05, 4.69) is 26.7 Å². The molecule has 1 saturated carbocycles. The third-order valence-electron chi connectivity index (χ3n) is 9.24. The number of pyridine rings is 1. The first kappa shape index (κ1) is 26.1. The highest BCUT2D eigenvalue weighted by Crippen LogP contribution is 2.40. The molecule has 0 bridgehead atoms. The average molecular weight is 532 g/mol. The predicted molar refractivity (Wildman–Crippen MR) is 154 cm³/mol. The molecule has 0 spiro atoms. The fourth-order valence-electron chi connectivity index (χ4n) is 6.76. The molecular weight excluding hydrogens is 490 g/mol. The Hall–Kier alpha value is -3.17. The highest BCUT2D eigenvalue weighted by molar-refractivity contribution is 5.94. The lowest BCUT2D eigenvalue weighted by molar-refractivity contribution is -0.0516. The van der Waals surface area contributed by atoms with Crippen LogP contribution in [0.15, 0.2) is 42.6 Å². The summed E-state index contributed by atoms with van der Waals surface area (Å²) in [6.45, 7) is 3.56. The van der Waals surface area contributed by atoms with Crippen LogP contribution in [0.25, 0.3) is 5.65 Å². The van der Waals surface area contributed by atoms with Gasteiger partial charge in [-0.2, -0.15) is 4.98 Å². The number of nitrogens with one attached hydrogen (secondary N) is 2. The number of fused-ring (bicyclic) bond motifs is 1. The zero-order valence-corrected chi connectivity index (χ0v) is 23.0. The molecule has 2 aliphatic heterocycles. The molecule has 2 saturated heterocycles. The highest BCUT2D eigenvalue weighted by atomic mass is 16.3. The van der Waals surface area contributed by atoms with E-state index in [0.717, 1.165) is 81.7 Å². The topological polar surface area (TPSA) is 98.0 Å². The van der Waals surface area contributed by atoms with Crippen LogP contribution in [-0.2, 0) is 0 Å². The van der Waals surface area contributed by atoms with Crippen LogP contribution in [0.2, 0.25) is 0 Å². The van der Waals surface area contributed by atoms with Crippen LogP contribution in [0.1, 0.15) is 68.1 Å². The molecule has 4 heterocycles. The minimum Gasteiger partial charge on any atom is -0.389 e. The Balaban J connectivity index is 1.12. The molecule has 3 aliphatic rings. The molecule has 9 nitrogen and oxygen atoms in total. The smallest absolute Gasteiger partial charge is 0.253 e. The summed E-state index contributed by atoms with van der Waals surface area (Å²) in [7, 11) is 1.90. The van der Waals surface area contributed by atoms with Crippen molar-refractivity contribution < 1.29 is 9.90 Å². The fraction of sp³-hybridized carbons (Fsp3) is 0.567. The first-order chi connectivity index (χ1) is 19.0. The third kappa shape index (κ3) is 5.47. The van der Waals surface area contributed by atoms with Gasteiger partial charge in [-0.3, -0.25) is 4.79 Å². The van der Waals surface area contributed by atoms with Gasteiger partial charge in [-0.25, -0.2) is 4.52 Å². The van der Waals surface area contributed by atoms with E-state index in [1.54, 1.807) is 0 Å². The van der Waals surface area contributed by atoms with Crippen LogP contribution < -0.4 is 15.5 Å². The van der Waals surface area contributed by atoms with Crippen LogP contribution in [0.5, 0.6) is 0 Å². The number of benzene rings is 1. The lowest BCUT2D eigenvalue weighted by atomic mass is 9.72. The van der Waals surface area contributed by atoms with Crippen molar-refractivity contribution in [1.82, 2.24) is 24.8 Å². The van der Waals surface area contributed by atoms with Crippen molar-refractivity contribution in [2.45, 2.75) is 69.4 Å². The second kappa shape index (κ2) is 11.1. The van der Waals surface area contributed by atoms with E-state index in [4.69, 9.17) is 4.98 Å². The number of amides is 1. The normalized spacial score (nSPS) is 20.7. The van der Waals surface area contributed by atoms with Gasteiger partial charge in [0.25, 0.3) is 5.91 Å². The second-order valence-corrected chi connectivity index (χ2v) is 11.6. The molecule has 3 N–H and O–H groups in total. The van der Waals surface area contributed by atoms with Gasteiger partial charge in [0.15, 0.2) is 5.65 Å². The molecule has 2 aromatic heterocycles. The lowest BCUT2D eigenvalue weighted by Gasteiger charge is -2.45. The van der Waals surface area contributed by atoms with E-state index >= 15 is 0 Å². The van der Waals surface area contributed by atoms with E-state index in [0.29, 0.717) is 17.4 Å². The largest absolute Gasteiger partial charge is 0.389 e. The monoisotopic (exact) mass is 531 g/mol. The first-order valence-corrected chi connectivity index (χ1v) is 14.7. The zero-order valence-electron chi connectivity index (χ0n) is 23.0. The number of hydrogen-bond acceptors (Lipinski definition) is 7. The van der Waals surface area contributed by atoms with Crippen LogP contribution in [0.3, 0.4) is 0 Å². The number of anilines is 3. The maximum atomic E-state index is 13.0. The summed E-state index contributed by atoms with van der Waals surface area (Å²) in [6, 6.07) is 11.9. The summed E-state index contributed by atoms with van der Waals surface area (Å²) < 4.78 is 1.81. The summed E-state index contributed by atoms with van der Waals surface area (Å²) >= 11 is 0. The van der Waals surface area contributed by atoms with Gasteiger partial charge in [-0.15, -0.1) is 5.10 Å². The number of rotatable bonds is 6. The summed E-state index contributed by atoms with van der Waals surface area (Å²) in [5.41, 5.74) is 2.84. The Labute approximate surface area is 230 Å². The van der Waals surface area contributed by atoms with E-state index < -0.39 is 5.60 Å². The number of aromatic nitrogens is 3. The molecule has 39 heavy (non-hydrogen) atoms. The molecule has 0 unspecified atom stereocenters. The van der Waals surface area contributed by atoms with Gasteiger partial charge in [0.2, 0.25) is 5.95 Å². The molecular formula is C30H41N7O2. The number of carbonyl (C=O) groups is 1. The van der Waals surface area contributed by atoms with Crippen LogP contribution in [-0.4, -0.2) is 75.4 Å². The Bertz CT molecular complexity index is 1270. The average Bonchev–Trinajstić information content (AvgIpc) is 3.41. The van der Waals surface area contributed by atoms with Gasteiger partial charge in [0, 0.05) is 43.6 Å². The molecule has 1 aliphatic carbocycles. The molecule has 6 rings (SSSR count). The Morgan fingerprint density at radius 2 is 1.77 bits per heavy atom. The Morgan fingerprint density at radius 3 is 2.49 bits per heavy atom. The molecule has 0 radical (unpaired) electrons. The van der Waals surface area contributed by atoms with Gasteiger partial charge in [0.05, 0.1) is 11.3 Å². The Morgan fingerprint density at radius 1 is 1.05 bits per heavy atom. The summed E-state index contributed by atoms with van der Waals surface area (Å²) in [5.74, 6) is 1.02. The van der Waals surface area contributed by atoms with Crippen LogP contribution >= 0.6 is 0 Å². The number of carbonyl (C=O) groups excluding carboxylic acids is 1. The predicted octanol–water partition coefficient (Wildman–Crippen LogP) is 4.21. The molecule has 208 valence electrons. The van der Waals surface area contributed by atoms with Crippen molar-refractivity contribution in [3.63, 3.8) is 0 Å². The van der Waals surface area contributed by atoms with Crippen LogP contribution in [0.4, 0.5) is 17.3 Å². The number of hydrogen-bond donors (Lipinski definition) is 3. The Kier molecular flexibility index (Phi) is 7.44. The van der Waals surface area contributed by atoms with Gasteiger partial charge in [0.1, 0.15) is 0 Å². The third-order valence-corrected chi connectivity index (χ3v) is 9.24. The standard InChI is InChI=1S/C30H41N7O2/c1-35(25-13-17-31-18-14-25)28(38)22-9-11-24(12-10-22)32-29-33-27-26(8-5-19-37(27)34-29)36-20-15-30(39,16-21-36)23-6-3-2-4-7-23/h5,8-12,19,23,25,31,39H,2-4,6-7,13-18,20-21H2,1H3,(H,32,34). The first-order valence-electron chi connectivity index (χ1n) is 14.7. The van der Waals surface area contributed by atoms with Gasteiger partial charge < -0.3 is 25.5 Å². The van der Waals surface area contributed by atoms with Crippen molar-refractivity contribution in [3.8, 4) is 0 Å². The molecule has 0 atom stereocenters. The number of nitrogens with zero attached hydrogens (tertiary/aromatic N) is 5. The van der Waals surface area contributed by atoms with Gasteiger partial charge in [-0.05, 0) is 93.9 Å². The molecule has 9 heteroatoms. The van der Waals surface area contributed by atoms with E-state index in [1.165, 1.54) is 19.3 Å². The van der Waals surface area contributed by atoms with Gasteiger partial charge in [-0.1, -0.05) is 19.3 Å². The minimum atomic E-state index is -0.529. The van der Waals surface area contributed by atoms with E-state index in [9.17, 15) is 9.90 Å². The molecule has 1 aromatic carbocycles. The van der Waals surface area contributed by atoms with E-state index in [-0.39, 0.29) is 11.9 Å². The zero-order chi connectivity index (χ0) is 26.8. The van der Waals surface area contributed by atoms with Crippen LogP contribution in [0, 0.1) is 5.92 Å². The van der Waals surface area contributed by atoms with Crippen molar-refractivity contribution in [3.05, 3.63) is 48.2 Å². The van der Waals surface area contributed by atoms with Crippen molar-refractivity contribution in [1.29, 1.82) is 0 Å². The molecule has 3 fully saturated rings. The second-order valence-electron chi connectivity index (χ2n) is 11.6. The maximum absolute atomic E-state index is 13.0. The van der Waals surface area contributed by atoms with Gasteiger partial charge >= 0.3 is 0 Å². The quantitative estimate of drug-likeness (QED) is 0.438. The van der Waals surface area contributed by atoms with Crippen molar-refractivity contribution in [2.24, 2.45) is 5.92 Å². The number of piperidine rings is 2. The number of aliphatic hydroxyl groups is 1. The van der Waals surface area contributed by atoms with Crippen molar-refractivity contribution in [2.75, 3.05) is 43.4 Å². The lowest BCUT2D eigenvalue weighted by Crippen LogP contribution is -2.49. The minimum absolute atomic E-state index is 0.0564. The maximum Gasteiger partial charge on any atom is 0.253 e. The summed E-state index contributed by atoms with van der Waals surface area (Å²) in [5, 5.41) is 22.7. The highest BCUT2D eigenvalue weighted by Gasteiger charge is 2.40. The summed E-state index contributed by atoms with van der Waals surface area (Å²) in [6.07, 6.45) is 11.6. The summed E-state index contributed by atoms with van der Waals surface area (Å²) in [4.78, 5) is 22.0. The fourth-order valence-corrected chi connectivity index (χ4v) is 6.76. The SMILES string of the molecule is CN(C(=O)c1ccc(Nc2nc3c(N4CCC(O)(C5CCCCC5)CC4)cccn3n2)cc1)C1CCNCC1. The van der Waals surface area contributed by atoms with Crippen molar-refractivity contribution >= 4 is 28.9 Å². The van der Waals surface area contributed by atoms with E-state index in [1.807, 2.05) is 53.0 Å². The molecule has 3 aromatic rings. The molecule has 1 amide bonds.